The fourth-order valence-electron chi connectivity index (χ4n) is 2.11. The average Bonchev–Trinajstić information content (AvgIpc) is 2.73. The number of hydrogen-bond donors (Lipinski definition) is 1. The fraction of sp³-hybridized carbons (Fsp3) is 0.750. The van der Waals surface area contributed by atoms with Crippen LogP contribution in [0.15, 0.2) is 0 Å². The molecule has 1 heterocycles. The lowest BCUT2D eigenvalue weighted by Gasteiger charge is -2.21. The van der Waals surface area contributed by atoms with Crippen LogP contribution in [0.1, 0.15) is 19.3 Å². The Kier molecular flexibility index (Phi) is 1.26. The van der Waals surface area contributed by atoms with E-state index in [2.05, 4.69) is 0 Å². The first-order valence-corrected chi connectivity index (χ1v) is 4.07. The molecule has 12 heavy (non-hydrogen) atoms. The summed E-state index contributed by atoms with van der Waals surface area (Å²) in [6.07, 6.45) is 1.89. The predicted octanol–water partition coefficient (Wildman–Crippen LogP) is 0.0819. The molecular weight excluding hydrogens is 158 g/mol. The van der Waals surface area contributed by atoms with Crippen molar-refractivity contribution in [2.24, 2.45) is 5.92 Å². The second-order valence-electron chi connectivity index (χ2n) is 3.65. The minimum absolute atomic E-state index is 0.0279. The van der Waals surface area contributed by atoms with Crippen LogP contribution in [0.5, 0.6) is 0 Å². The van der Waals surface area contributed by atoms with Crippen LogP contribution in [0.3, 0.4) is 0 Å². The van der Waals surface area contributed by atoms with Gasteiger partial charge < -0.3 is 10.0 Å². The Balaban J connectivity index is 2.28. The second kappa shape index (κ2) is 2.00. The third kappa shape index (κ3) is 0.722. The number of nitrogens with zero attached hydrogens (tertiary/aromatic N) is 1. The highest BCUT2D eigenvalue weighted by molar-refractivity contribution is 5.89. The number of carbonyl (C=O) groups excluding carboxylic acids is 1. The number of aliphatic carboxylic acids is 1. The molecule has 66 valence electrons. The van der Waals surface area contributed by atoms with Gasteiger partial charge in [-0.1, -0.05) is 0 Å². The molecule has 1 aliphatic heterocycles. The van der Waals surface area contributed by atoms with Crippen molar-refractivity contribution >= 4 is 11.9 Å². The molecule has 1 spiro atoms. The predicted molar refractivity (Wildman–Crippen MR) is 40.5 cm³/mol. The van der Waals surface area contributed by atoms with Gasteiger partial charge in [-0.05, 0) is 12.8 Å². The Morgan fingerprint density at radius 1 is 1.67 bits per heavy atom. The highest BCUT2D eigenvalue weighted by atomic mass is 16.4. The first-order valence-electron chi connectivity index (χ1n) is 4.07. The van der Waals surface area contributed by atoms with Crippen LogP contribution in [0.25, 0.3) is 0 Å². The van der Waals surface area contributed by atoms with Crippen LogP contribution in [-0.4, -0.2) is 34.5 Å². The normalized spacial score (nSPS) is 31.2. The van der Waals surface area contributed by atoms with Crippen LogP contribution < -0.4 is 0 Å². The third-order valence-electron chi connectivity index (χ3n) is 3.13. The molecular formula is C8H11NO3. The van der Waals surface area contributed by atoms with E-state index in [9.17, 15) is 9.59 Å². The molecule has 2 rings (SSSR count). The maximum absolute atomic E-state index is 11.2. The zero-order valence-corrected chi connectivity index (χ0v) is 6.91. The first-order chi connectivity index (χ1) is 5.58. The molecule has 0 aromatic rings. The van der Waals surface area contributed by atoms with Gasteiger partial charge in [0.15, 0.2) is 0 Å². The maximum atomic E-state index is 11.2. The summed E-state index contributed by atoms with van der Waals surface area (Å²) in [7, 11) is 1.71. The molecule has 1 aliphatic carbocycles. The Morgan fingerprint density at radius 3 is 2.58 bits per heavy atom. The zero-order chi connectivity index (χ0) is 8.93. The van der Waals surface area contributed by atoms with E-state index in [0.29, 0.717) is 0 Å². The molecule has 4 nitrogen and oxygen atoms in total. The van der Waals surface area contributed by atoms with E-state index < -0.39 is 11.9 Å². The molecule has 0 aromatic carbocycles. The molecule has 1 saturated carbocycles. The van der Waals surface area contributed by atoms with E-state index in [1.54, 1.807) is 11.9 Å². The van der Waals surface area contributed by atoms with Gasteiger partial charge in [0.1, 0.15) is 0 Å². The van der Waals surface area contributed by atoms with Gasteiger partial charge in [0.05, 0.1) is 11.5 Å². The van der Waals surface area contributed by atoms with E-state index in [1.165, 1.54) is 0 Å². The quantitative estimate of drug-likeness (QED) is 0.604. The third-order valence-corrected chi connectivity index (χ3v) is 3.13. The molecule has 4 heteroatoms. The van der Waals surface area contributed by atoms with E-state index in [1.807, 2.05) is 0 Å². The number of carboxylic acids is 1. The van der Waals surface area contributed by atoms with Gasteiger partial charge in [-0.15, -0.1) is 0 Å². The summed E-state index contributed by atoms with van der Waals surface area (Å²) in [5.41, 5.74) is -0.303. The van der Waals surface area contributed by atoms with Crippen molar-refractivity contribution in [2.45, 2.75) is 24.8 Å². The monoisotopic (exact) mass is 169 g/mol. The summed E-state index contributed by atoms with van der Waals surface area (Å²) >= 11 is 0. The van der Waals surface area contributed by atoms with E-state index in [0.717, 1.165) is 12.8 Å². The molecule has 0 bridgehead atoms. The molecule has 1 N–H and O–H groups in total. The largest absolute Gasteiger partial charge is 0.481 e. The molecule has 1 amide bonds. The minimum atomic E-state index is -0.829. The van der Waals surface area contributed by atoms with Gasteiger partial charge in [-0.3, -0.25) is 9.59 Å². The number of carboxylic acid groups (broad SMARTS) is 1. The van der Waals surface area contributed by atoms with Crippen molar-refractivity contribution in [1.82, 2.24) is 4.90 Å². The van der Waals surface area contributed by atoms with Gasteiger partial charge in [-0.25, -0.2) is 0 Å². The van der Waals surface area contributed by atoms with Crippen LogP contribution in [-0.2, 0) is 9.59 Å². The van der Waals surface area contributed by atoms with Crippen LogP contribution in [0.2, 0.25) is 0 Å². The molecule has 2 aliphatic rings. The number of carbonyl (C=O) groups is 2. The van der Waals surface area contributed by atoms with E-state index >= 15 is 0 Å². The lowest BCUT2D eigenvalue weighted by atomic mass is 9.98. The Bertz CT molecular complexity index is 257. The average molecular weight is 169 g/mol. The highest BCUT2D eigenvalue weighted by Gasteiger charge is 2.61. The summed E-state index contributed by atoms with van der Waals surface area (Å²) in [4.78, 5) is 23.6. The topological polar surface area (TPSA) is 57.6 Å². The maximum Gasteiger partial charge on any atom is 0.309 e. The molecule has 1 saturated heterocycles. The van der Waals surface area contributed by atoms with Crippen LogP contribution in [0.4, 0.5) is 0 Å². The van der Waals surface area contributed by atoms with Crippen molar-refractivity contribution in [2.75, 3.05) is 7.05 Å². The van der Waals surface area contributed by atoms with Crippen molar-refractivity contribution in [3.8, 4) is 0 Å². The Hall–Kier alpha value is -1.06. The van der Waals surface area contributed by atoms with Crippen molar-refractivity contribution in [3.05, 3.63) is 0 Å². The standard InChI is InChI=1S/C8H11NO3/c1-9-6(10)4-5(7(11)12)8(9)2-3-8/h5H,2-4H2,1H3,(H,11,12). The van der Waals surface area contributed by atoms with Crippen molar-refractivity contribution < 1.29 is 14.7 Å². The second-order valence-corrected chi connectivity index (χ2v) is 3.65. The molecule has 1 atom stereocenters. The lowest BCUT2D eigenvalue weighted by Crippen LogP contribution is -2.36. The summed E-state index contributed by atoms with van der Waals surface area (Å²) in [5.74, 6) is -1.32. The van der Waals surface area contributed by atoms with Gasteiger partial charge in [0, 0.05) is 13.5 Å². The number of rotatable bonds is 1. The smallest absolute Gasteiger partial charge is 0.309 e. The van der Waals surface area contributed by atoms with Gasteiger partial charge in [0.25, 0.3) is 0 Å². The van der Waals surface area contributed by atoms with Crippen LogP contribution >= 0.6 is 0 Å². The van der Waals surface area contributed by atoms with E-state index in [4.69, 9.17) is 5.11 Å². The van der Waals surface area contributed by atoms with Crippen molar-refractivity contribution in [1.29, 1.82) is 0 Å². The Morgan fingerprint density at radius 2 is 2.25 bits per heavy atom. The van der Waals surface area contributed by atoms with Gasteiger partial charge in [-0.2, -0.15) is 0 Å². The summed E-state index contributed by atoms with van der Waals surface area (Å²) in [5, 5.41) is 8.85. The molecule has 1 unspecified atom stereocenters. The van der Waals surface area contributed by atoms with E-state index in [-0.39, 0.29) is 17.9 Å². The Labute approximate surface area is 70.2 Å². The first kappa shape index (κ1) is 7.58. The summed E-state index contributed by atoms with van der Waals surface area (Å²) in [6.45, 7) is 0. The number of amides is 1. The van der Waals surface area contributed by atoms with Gasteiger partial charge >= 0.3 is 5.97 Å². The lowest BCUT2D eigenvalue weighted by molar-refractivity contribution is -0.143. The van der Waals surface area contributed by atoms with Crippen LogP contribution in [0, 0.1) is 5.92 Å². The highest BCUT2D eigenvalue weighted by Crippen LogP contribution is 2.52. The van der Waals surface area contributed by atoms with Crippen molar-refractivity contribution in [3.63, 3.8) is 0 Å². The van der Waals surface area contributed by atoms with Gasteiger partial charge in [0.2, 0.25) is 5.91 Å². The number of hydrogen-bond acceptors (Lipinski definition) is 2. The number of likely N-dealkylation sites (tertiary alicyclic amines) is 1. The molecule has 0 aromatic heterocycles. The summed E-state index contributed by atoms with van der Waals surface area (Å²) < 4.78 is 0. The fourth-order valence-corrected chi connectivity index (χ4v) is 2.11. The molecule has 2 fully saturated rings. The zero-order valence-electron chi connectivity index (χ0n) is 6.91. The molecule has 0 radical (unpaired) electrons. The minimum Gasteiger partial charge on any atom is -0.481 e. The summed E-state index contributed by atoms with van der Waals surface area (Å²) in [6, 6.07) is 0. The SMILES string of the molecule is CN1C(=O)CC(C(=O)O)C12CC2.